The quantitative estimate of drug-likeness (QED) is 0.808. The van der Waals surface area contributed by atoms with E-state index in [0.29, 0.717) is 5.15 Å². The van der Waals surface area contributed by atoms with Crippen molar-refractivity contribution in [2.75, 3.05) is 6.61 Å². The molecule has 1 heterocycles. The van der Waals surface area contributed by atoms with Crippen molar-refractivity contribution in [1.82, 2.24) is 10.3 Å². The van der Waals surface area contributed by atoms with Crippen molar-refractivity contribution in [2.24, 2.45) is 5.41 Å². The average Bonchev–Trinajstić information content (AvgIpc) is 2.26. The van der Waals surface area contributed by atoms with E-state index in [0.717, 1.165) is 12.0 Å². The summed E-state index contributed by atoms with van der Waals surface area (Å²) in [4.78, 5) is 3.97. The van der Waals surface area contributed by atoms with E-state index in [-0.39, 0.29) is 24.1 Å². The van der Waals surface area contributed by atoms with Crippen LogP contribution in [0.3, 0.4) is 0 Å². The molecule has 4 heteroatoms. The van der Waals surface area contributed by atoms with Crippen molar-refractivity contribution in [3.63, 3.8) is 0 Å². The summed E-state index contributed by atoms with van der Waals surface area (Å²) in [5, 5.41) is 13.4. The number of nitrogens with one attached hydrogen (secondary N) is 1. The van der Waals surface area contributed by atoms with E-state index in [2.05, 4.69) is 38.0 Å². The van der Waals surface area contributed by atoms with Gasteiger partial charge in [-0.2, -0.15) is 0 Å². The van der Waals surface area contributed by atoms with Crippen LogP contribution >= 0.6 is 11.6 Å². The highest BCUT2D eigenvalue weighted by molar-refractivity contribution is 6.29. The third-order valence-electron chi connectivity index (χ3n) is 2.82. The lowest BCUT2D eigenvalue weighted by Gasteiger charge is -2.28. The second-order valence-electron chi connectivity index (χ2n) is 5.94. The molecular weight excluding hydrogens is 248 g/mol. The number of nitrogens with zero attached hydrogens (tertiary/aromatic N) is 1. The van der Waals surface area contributed by atoms with E-state index in [1.54, 1.807) is 6.20 Å². The van der Waals surface area contributed by atoms with Crippen LogP contribution in [0.25, 0.3) is 0 Å². The van der Waals surface area contributed by atoms with Gasteiger partial charge in [-0.15, -0.1) is 0 Å². The van der Waals surface area contributed by atoms with Gasteiger partial charge in [0, 0.05) is 18.3 Å². The summed E-state index contributed by atoms with van der Waals surface area (Å²) in [6.45, 7) is 8.72. The Bertz CT molecular complexity index is 376. The molecule has 0 fully saturated rings. The van der Waals surface area contributed by atoms with Crippen LogP contribution in [0.1, 0.15) is 45.7 Å². The molecule has 2 atom stereocenters. The maximum atomic E-state index is 9.44. The van der Waals surface area contributed by atoms with E-state index in [9.17, 15) is 5.11 Å². The van der Waals surface area contributed by atoms with E-state index >= 15 is 0 Å². The predicted octanol–water partition coefficient (Wildman–Crippen LogP) is 3.18. The second-order valence-corrected chi connectivity index (χ2v) is 6.33. The molecule has 3 nitrogen and oxygen atoms in total. The molecule has 1 aromatic rings. The van der Waals surface area contributed by atoms with E-state index in [4.69, 9.17) is 11.6 Å². The zero-order chi connectivity index (χ0) is 13.8. The van der Waals surface area contributed by atoms with Gasteiger partial charge in [-0.05, 0) is 36.5 Å². The summed E-state index contributed by atoms with van der Waals surface area (Å²) in [6.07, 6.45) is 2.63. The van der Waals surface area contributed by atoms with Gasteiger partial charge in [-0.25, -0.2) is 4.98 Å². The van der Waals surface area contributed by atoms with Crippen LogP contribution in [-0.4, -0.2) is 22.7 Å². The van der Waals surface area contributed by atoms with Gasteiger partial charge < -0.3 is 10.4 Å². The first-order valence-electron chi connectivity index (χ1n) is 6.30. The third-order valence-corrected chi connectivity index (χ3v) is 3.02. The topological polar surface area (TPSA) is 45.1 Å². The number of aliphatic hydroxyl groups is 1. The molecule has 0 aromatic carbocycles. The summed E-state index contributed by atoms with van der Waals surface area (Å²) < 4.78 is 0. The molecule has 1 rings (SSSR count). The first-order valence-corrected chi connectivity index (χ1v) is 6.68. The predicted molar refractivity (Wildman–Crippen MR) is 75.7 cm³/mol. The van der Waals surface area contributed by atoms with Gasteiger partial charge in [0.15, 0.2) is 0 Å². The Hall–Kier alpha value is -0.640. The second kappa shape index (κ2) is 6.50. The molecule has 1 aromatic heterocycles. The van der Waals surface area contributed by atoms with Gasteiger partial charge in [0.1, 0.15) is 5.15 Å². The molecule has 0 aliphatic carbocycles. The zero-order valence-corrected chi connectivity index (χ0v) is 12.3. The number of hydrogen-bond donors (Lipinski definition) is 2. The molecule has 0 amide bonds. The van der Waals surface area contributed by atoms with Crippen molar-refractivity contribution in [2.45, 2.75) is 46.2 Å². The normalized spacial score (nSPS) is 15.4. The molecule has 2 unspecified atom stereocenters. The molecule has 102 valence electrons. The van der Waals surface area contributed by atoms with Crippen molar-refractivity contribution >= 4 is 11.6 Å². The Morgan fingerprint density at radius 2 is 2.11 bits per heavy atom. The average molecular weight is 271 g/mol. The Labute approximate surface area is 115 Å². The van der Waals surface area contributed by atoms with Gasteiger partial charge in [-0.3, -0.25) is 0 Å². The summed E-state index contributed by atoms with van der Waals surface area (Å²) in [6, 6.07) is 4.02. The first-order chi connectivity index (χ1) is 8.31. The van der Waals surface area contributed by atoms with Crippen LogP contribution in [0, 0.1) is 5.41 Å². The molecule has 0 aliphatic heterocycles. The monoisotopic (exact) mass is 270 g/mol. The summed E-state index contributed by atoms with van der Waals surface area (Å²) in [7, 11) is 0. The van der Waals surface area contributed by atoms with Crippen molar-refractivity contribution < 1.29 is 5.11 Å². The molecule has 18 heavy (non-hydrogen) atoms. The minimum Gasteiger partial charge on any atom is -0.395 e. The molecule has 0 saturated heterocycles. The maximum Gasteiger partial charge on any atom is 0.129 e. The number of rotatable bonds is 5. The number of hydrogen-bond acceptors (Lipinski definition) is 3. The molecule has 0 radical (unpaired) electrons. The molecule has 0 spiro atoms. The highest BCUT2D eigenvalue weighted by Crippen LogP contribution is 2.23. The lowest BCUT2D eigenvalue weighted by atomic mass is 9.88. The fourth-order valence-corrected chi connectivity index (χ4v) is 2.23. The molecule has 0 bridgehead atoms. The Kier molecular flexibility index (Phi) is 5.57. The summed E-state index contributed by atoms with van der Waals surface area (Å²) >= 11 is 5.88. The van der Waals surface area contributed by atoms with E-state index in [1.807, 2.05) is 12.1 Å². The standard InChI is InChI=1S/C14H23ClN2O/c1-10(11-5-6-16-13(15)7-11)17-12(9-18)8-14(2,3)4/h5-7,10,12,17-18H,8-9H2,1-4H3. The van der Waals surface area contributed by atoms with Gasteiger partial charge in [0.05, 0.1) is 6.61 Å². The minimum atomic E-state index is 0.0898. The fraction of sp³-hybridized carbons (Fsp3) is 0.643. The minimum absolute atomic E-state index is 0.0898. The van der Waals surface area contributed by atoms with Crippen molar-refractivity contribution in [3.8, 4) is 0 Å². The van der Waals surface area contributed by atoms with Crippen LogP contribution in [-0.2, 0) is 0 Å². The lowest BCUT2D eigenvalue weighted by molar-refractivity contribution is 0.190. The molecule has 2 N–H and O–H groups in total. The Morgan fingerprint density at radius 3 is 2.61 bits per heavy atom. The number of aliphatic hydroxyl groups excluding tert-OH is 1. The van der Waals surface area contributed by atoms with Gasteiger partial charge in [-0.1, -0.05) is 32.4 Å². The SMILES string of the molecule is CC(NC(CO)CC(C)(C)C)c1ccnc(Cl)c1. The van der Waals surface area contributed by atoms with Gasteiger partial charge in [0.2, 0.25) is 0 Å². The van der Waals surface area contributed by atoms with Crippen LogP contribution in [0.5, 0.6) is 0 Å². The van der Waals surface area contributed by atoms with Crippen LogP contribution < -0.4 is 5.32 Å². The smallest absolute Gasteiger partial charge is 0.129 e. The number of aromatic nitrogens is 1. The van der Waals surface area contributed by atoms with Crippen molar-refractivity contribution in [1.29, 1.82) is 0 Å². The summed E-state index contributed by atoms with van der Waals surface area (Å²) in [5.74, 6) is 0. The van der Waals surface area contributed by atoms with Gasteiger partial charge >= 0.3 is 0 Å². The van der Waals surface area contributed by atoms with Gasteiger partial charge in [0.25, 0.3) is 0 Å². The molecule has 0 saturated carbocycles. The lowest BCUT2D eigenvalue weighted by Crippen LogP contribution is -2.37. The van der Waals surface area contributed by atoms with Crippen molar-refractivity contribution in [3.05, 3.63) is 29.0 Å². The Balaban J connectivity index is 2.65. The third kappa shape index (κ3) is 5.34. The first kappa shape index (κ1) is 15.4. The number of pyridine rings is 1. The number of halogens is 1. The van der Waals surface area contributed by atoms with Crippen LogP contribution in [0.15, 0.2) is 18.3 Å². The van der Waals surface area contributed by atoms with Crippen LogP contribution in [0.2, 0.25) is 5.15 Å². The van der Waals surface area contributed by atoms with Crippen LogP contribution in [0.4, 0.5) is 0 Å². The summed E-state index contributed by atoms with van der Waals surface area (Å²) in [5.41, 5.74) is 1.28. The van der Waals surface area contributed by atoms with E-state index in [1.165, 1.54) is 0 Å². The Morgan fingerprint density at radius 1 is 1.44 bits per heavy atom. The fourth-order valence-electron chi connectivity index (χ4n) is 2.05. The van der Waals surface area contributed by atoms with E-state index < -0.39 is 0 Å². The molecule has 0 aliphatic rings. The highest BCUT2D eigenvalue weighted by Gasteiger charge is 2.20. The molecular formula is C14H23ClN2O. The maximum absolute atomic E-state index is 9.44. The highest BCUT2D eigenvalue weighted by atomic mass is 35.5. The zero-order valence-electron chi connectivity index (χ0n) is 11.6. The largest absolute Gasteiger partial charge is 0.395 e.